The zero-order valence-corrected chi connectivity index (χ0v) is 12.8. The van der Waals surface area contributed by atoms with E-state index in [1.54, 1.807) is 20.1 Å². The number of aromatic nitrogens is 2. The summed E-state index contributed by atoms with van der Waals surface area (Å²) in [7, 11) is 0. The van der Waals surface area contributed by atoms with E-state index in [9.17, 15) is 19.8 Å². The molecule has 0 radical (unpaired) electrons. The Hall–Kier alpha value is -1.67. The number of hydrogen-bond acceptors (Lipinski definition) is 6. The minimum absolute atomic E-state index is 0.0109. The van der Waals surface area contributed by atoms with Gasteiger partial charge in [0.1, 0.15) is 16.9 Å². The minimum atomic E-state index is -1.11. The van der Waals surface area contributed by atoms with Crippen LogP contribution >= 0.6 is 11.8 Å². The summed E-state index contributed by atoms with van der Waals surface area (Å²) in [5.41, 5.74) is 0.829. The molecule has 1 fully saturated rings. The first kappa shape index (κ1) is 15.7. The molecule has 0 spiro atoms. The van der Waals surface area contributed by atoms with Gasteiger partial charge in [0.05, 0.1) is 17.4 Å². The quantitative estimate of drug-likeness (QED) is 0.618. The molecule has 1 saturated heterocycles. The average molecular weight is 311 g/mol. The first-order valence-corrected chi connectivity index (χ1v) is 7.68. The van der Waals surface area contributed by atoms with Crippen LogP contribution in [0.1, 0.15) is 28.3 Å². The predicted molar refractivity (Wildman–Crippen MR) is 76.4 cm³/mol. The minimum Gasteiger partial charge on any atom is -0.480 e. The van der Waals surface area contributed by atoms with Crippen molar-refractivity contribution in [3.63, 3.8) is 0 Å². The van der Waals surface area contributed by atoms with Gasteiger partial charge < -0.3 is 15.1 Å². The van der Waals surface area contributed by atoms with Crippen molar-refractivity contribution in [1.82, 2.24) is 14.9 Å². The lowest BCUT2D eigenvalue weighted by Gasteiger charge is -2.22. The van der Waals surface area contributed by atoms with Crippen LogP contribution in [0.25, 0.3) is 0 Å². The van der Waals surface area contributed by atoms with E-state index in [-0.39, 0.29) is 13.0 Å². The number of aliphatic carboxylic acids is 1. The van der Waals surface area contributed by atoms with Crippen LogP contribution < -0.4 is 0 Å². The van der Waals surface area contributed by atoms with Crippen molar-refractivity contribution in [1.29, 1.82) is 0 Å². The van der Waals surface area contributed by atoms with Gasteiger partial charge in [0.15, 0.2) is 0 Å². The molecule has 0 bridgehead atoms. The number of rotatable bonds is 3. The lowest BCUT2D eigenvalue weighted by molar-refractivity contribution is -0.141. The van der Waals surface area contributed by atoms with Crippen LogP contribution in [0.4, 0.5) is 0 Å². The lowest BCUT2D eigenvalue weighted by atomic mass is 10.1. The van der Waals surface area contributed by atoms with Gasteiger partial charge in [-0.25, -0.2) is 14.8 Å². The number of carboxylic acid groups (broad SMARTS) is 1. The molecule has 0 saturated carbocycles. The Kier molecular flexibility index (Phi) is 4.48. The number of hydrogen-bond donors (Lipinski definition) is 2. The summed E-state index contributed by atoms with van der Waals surface area (Å²) in [6.45, 7) is 3.45. The van der Waals surface area contributed by atoms with Gasteiger partial charge in [0.2, 0.25) is 0 Å². The average Bonchev–Trinajstić information content (AvgIpc) is 2.79. The van der Waals surface area contributed by atoms with Crippen molar-refractivity contribution in [3.05, 3.63) is 17.1 Å². The smallest absolute Gasteiger partial charge is 0.326 e. The highest BCUT2D eigenvalue weighted by Gasteiger charge is 2.40. The number of aliphatic hydroxyl groups is 1. The maximum atomic E-state index is 12.7. The Bertz CT molecular complexity index is 593. The molecule has 2 rings (SSSR count). The van der Waals surface area contributed by atoms with Gasteiger partial charge in [-0.05, 0) is 20.1 Å². The number of aliphatic hydroxyl groups excluding tert-OH is 1. The van der Waals surface area contributed by atoms with Crippen molar-refractivity contribution in [2.24, 2.45) is 0 Å². The van der Waals surface area contributed by atoms with E-state index in [1.165, 1.54) is 16.7 Å². The van der Waals surface area contributed by atoms with E-state index >= 15 is 0 Å². The van der Waals surface area contributed by atoms with Crippen LogP contribution in [0, 0.1) is 13.8 Å². The third-order valence-corrected chi connectivity index (χ3v) is 4.08. The zero-order chi connectivity index (χ0) is 15.7. The third kappa shape index (κ3) is 3.01. The maximum absolute atomic E-state index is 12.7. The summed E-state index contributed by atoms with van der Waals surface area (Å²) in [5, 5.41) is 19.4. The Labute approximate surface area is 126 Å². The highest BCUT2D eigenvalue weighted by molar-refractivity contribution is 7.98. The lowest BCUT2D eigenvalue weighted by Crippen LogP contribution is -2.41. The van der Waals surface area contributed by atoms with E-state index in [2.05, 4.69) is 9.97 Å². The van der Waals surface area contributed by atoms with Gasteiger partial charge >= 0.3 is 5.97 Å². The van der Waals surface area contributed by atoms with Gasteiger partial charge in [-0.15, -0.1) is 11.8 Å². The largest absolute Gasteiger partial charge is 0.480 e. The maximum Gasteiger partial charge on any atom is 0.326 e. The number of amides is 1. The van der Waals surface area contributed by atoms with Crippen molar-refractivity contribution in [2.75, 3.05) is 12.8 Å². The second kappa shape index (κ2) is 5.98. The number of carbonyl (C=O) groups is 2. The fourth-order valence-corrected chi connectivity index (χ4v) is 3.15. The van der Waals surface area contributed by atoms with Gasteiger partial charge in [-0.3, -0.25) is 4.79 Å². The molecule has 2 heterocycles. The highest BCUT2D eigenvalue weighted by Crippen LogP contribution is 2.26. The molecule has 21 heavy (non-hydrogen) atoms. The van der Waals surface area contributed by atoms with Crippen molar-refractivity contribution < 1.29 is 19.8 Å². The van der Waals surface area contributed by atoms with Crippen LogP contribution in [0.3, 0.4) is 0 Å². The first-order chi connectivity index (χ1) is 9.85. The number of likely N-dealkylation sites (tertiary alicyclic amines) is 1. The summed E-state index contributed by atoms with van der Waals surface area (Å²) in [6.07, 6.45) is 1.02. The number of carbonyl (C=O) groups excluding carboxylic acids is 1. The van der Waals surface area contributed by atoms with Crippen LogP contribution in [-0.2, 0) is 4.79 Å². The van der Waals surface area contributed by atoms with Crippen LogP contribution in [0.15, 0.2) is 5.03 Å². The molecule has 2 atom stereocenters. The number of carboxylic acids is 1. The third-order valence-electron chi connectivity index (χ3n) is 3.40. The molecule has 1 aromatic rings. The monoisotopic (exact) mass is 311 g/mol. The van der Waals surface area contributed by atoms with Crippen molar-refractivity contribution in [2.45, 2.75) is 37.4 Å². The van der Waals surface area contributed by atoms with Crippen LogP contribution in [0.5, 0.6) is 0 Å². The molecule has 1 aromatic heterocycles. The summed E-state index contributed by atoms with van der Waals surface area (Å²) < 4.78 is 0. The molecule has 1 aliphatic rings. The van der Waals surface area contributed by atoms with Crippen molar-refractivity contribution >= 4 is 23.6 Å². The molecule has 1 aliphatic heterocycles. The molecule has 1 amide bonds. The molecule has 0 aliphatic carbocycles. The van der Waals surface area contributed by atoms with Gasteiger partial charge in [0.25, 0.3) is 5.91 Å². The predicted octanol–water partition coefficient (Wildman–Crippen LogP) is 0.475. The molecular formula is C13H17N3O4S. The Morgan fingerprint density at radius 2 is 2.00 bits per heavy atom. The Balaban J connectivity index is 2.42. The Morgan fingerprint density at radius 1 is 1.33 bits per heavy atom. The Morgan fingerprint density at radius 3 is 2.57 bits per heavy atom. The number of thioether (sulfide) groups is 1. The fourth-order valence-electron chi connectivity index (χ4n) is 2.49. The van der Waals surface area contributed by atoms with Gasteiger partial charge in [-0.2, -0.15) is 0 Å². The van der Waals surface area contributed by atoms with E-state index in [0.29, 0.717) is 22.1 Å². The summed E-state index contributed by atoms with van der Waals surface area (Å²) in [5.74, 6) is -0.998. The summed E-state index contributed by atoms with van der Waals surface area (Å²) >= 11 is 1.31. The van der Waals surface area contributed by atoms with Crippen LogP contribution in [-0.4, -0.2) is 61.9 Å². The fraction of sp³-hybridized carbons (Fsp3) is 0.538. The summed E-state index contributed by atoms with van der Waals surface area (Å²) in [4.78, 5) is 33.5. The standard InChI is InChI=1S/C13H17N3O4S/c1-6-10(11(21-3)15-7(2)14-6)12(18)16-5-8(17)4-9(16)13(19)20/h8-9,17H,4-5H2,1-3H3,(H,19,20). The molecule has 0 aromatic carbocycles. The topological polar surface area (TPSA) is 104 Å². The van der Waals surface area contributed by atoms with E-state index < -0.39 is 24.0 Å². The molecular weight excluding hydrogens is 294 g/mol. The second-order valence-corrected chi connectivity index (χ2v) is 5.74. The molecule has 8 heteroatoms. The first-order valence-electron chi connectivity index (χ1n) is 6.46. The number of β-amino-alcohol motifs (C(OH)–C–C–N with tert-alkyl or cyclic N) is 1. The molecule has 2 N–H and O–H groups in total. The molecule has 7 nitrogen and oxygen atoms in total. The zero-order valence-electron chi connectivity index (χ0n) is 12.0. The number of aryl methyl sites for hydroxylation is 2. The van der Waals surface area contributed by atoms with E-state index in [0.717, 1.165) is 0 Å². The van der Waals surface area contributed by atoms with Gasteiger partial charge in [0, 0.05) is 13.0 Å². The van der Waals surface area contributed by atoms with E-state index in [1.807, 2.05) is 0 Å². The SMILES string of the molecule is CSc1nc(C)nc(C)c1C(=O)N1CC(O)CC1C(=O)O. The van der Waals surface area contributed by atoms with Crippen molar-refractivity contribution in [3.8, 4) is 0 Å². The van der Waals surface area contributed by atoms with Crippen LogP contribution in [0.2, 0.25) is 0 Å². The second-order valence-electron chi connectivity index (χ2n) is 4.94. The number of nitrogens with zero attached hydrogens (tertiary/aromatic N) is 3. The van der Waals surface area contributed by atoms with Gasteiger partial charge in [-0.1, -0.05) is 0 Å². The molecule has 2 unspecified atom stereocenters. The van der Waals surface area contributed by atoms with E-state index in [4.69, 9.17) is 0 Å². The molecule has 114 valence electrons. The highest BCUT2D eigenvalue weighted by atomic mass is 32.2. The summed E-state index contributed by atoms with van der Waals surface area (Å²) in [6, 6.07) is -1.01. The normalized spacial score (nSPS) is 21.6.